The van der Waals surface area contributed by atoms with Crippen molar-refractivity contribution in [1.82, 2.24) is 10.2 Å². The number of phenols is 1. The van der Waals surface area contributed by atoms with Crippen molar-refractivity contribution in [2.45, 2.75) is 51.7 Å². The molecular formula is C29H33N3O3. The molecule has 0 unspecified atom stereocenters. The molecule has 35 heavy (non-hydrogen) atoms. The molecule has 182 valence electrons. The summed E-state index contributed by atoms with van der Waals surface area (Å²) in [4.78, 5) is 28.2. The molecular weight excluding hydrogens is 438 g/mol. The zero-order valence-electron chi connectivity index (χ0n) is 20.3. The monoisotopic (exact) mass is 471 g/mol. The number of hydrogen-bond donors (Lipinski definition) is 3. The molecule has 0 bridgehead atoms. The fraction of sp³-hybridized carbons (Fsp3) is 0.310. The standard InChI is InChI=1S/C29H33N3O3/c1-19-12-25(33)13-20(2)26(19)16-24(30)18-32-17-23-11-7-6-10-22(23)15-27(29(32)35)31-28(34)14-21-8-4-3-5-9-21/h3-13,24,27,33H,14-18,30H2,1-2H3,(H,31,34)/t24-,27-/m0/s1. The van der Waals surface area contributed by atoms with Crippen LogP contribution in [0, 0.1) is 13.8 Å². The molecule has 6 heteroatoms. The van der Waals surface area contributed by atoms with Crippen LogP contribution >= 0.6 is 0 Å². The zero-order chi connectivity index (χ0) is 24.9. The van der Waals surface area contributed by atoms with Gasteiger partial charge in [-0.25, -0.2) is 0 Å². The van der Waals surface area contributed by atoms with Crippen molar-refractivity contribution in [3.63, 3.8) is 0 Å². The van der Waals surface area contributed by atoms with Gasteiger partial charge in [-0.15, -0.1) is 0 Å². The van der Waals surface area contributed by atoms with Crippen LogP contribution in [0.3, 0.4) is 0 Å². The summed E-state index contributed by atoms with van der Waals surface area (Å²) < 4.78 is 0. The Hall–Kier alpha value is -3.64. The number of rotatable bonds is 7. The summed E-state index contributed by atoms with van der Waals surface area (Å²) in [5, 5.41) is 12.8. The Morgan fingerprint density at radius 3 is 2.37 bits per heavy atom. The van der Waals surface area contributed by atoms with E-state index in [1.165, 1.54) is 0 Å². The van der Waals surface area contributed by atoms with Crippen molar-refractivity contribution in [3.05, 3.63) is 100 Å². The molecule has 4 rings (SSSR count). The van der Waals surface area contributed by atoms with E-state index in [9.17, 15) is 14.7 Å². The fourth-order valence-electron chi connectivity index (χ4n) is 4.92. The summed E-state index contributed by atoms with van der Waals surface area (Å²) >= 11 is 0. The number of carbonyl (C=O) groups excluding carboxylic acids is 2. The van der Waals surface area contributed by atoms with E-state index in [0.29, 0.717) is 25.9 Å². The smallest absolute Gasteiger partial charge is 0.245 e. The van der Waals surface area contributed by atoms with E-state index in [0.717, 1.165) is 33.4 Å². The van der Waals surface area contributed by atoms with Gasteiger partial charge in [-0.3, -0.25) is 9.59 Å². The number of nitrogens with one attached hydrogen (secondary N) is 1. The molecule has 0 spiro atoms. The summed E-state index contributed by atoms with van der Waals surface area (Å²) in [6, 6.07) is 20.1. The average Bonchev–Trinajstić information content (AvgIpc) is 2.93. The van der Waals surface area contributed by atoms with Gasteiger partial charge in [-0.05, 0) is 65.8 Å². The van der Waals surface area contributed by atoms with Crippen molar-refractivity contribution in [2.24, 2.45) is 5.73 Å². The first-order valence-corrected chi connectivity index (χ1v) is 12.0. The van der Waals surface area contributed by atoms with Gasteiger partial charge in [0.1, 0.15) is 11.8 Å². The summed E-state index contributed by atoms with van der Waals surface area (Å²) in [6.07, 6.45) is 1.27. The van der Waals surface area contributed by atoms with Gasteiger partial charge in [0.25, 0.3) is 0 Å². The number of nitrogens with two attached hydrogens (primary N) is 1. The quantitative estimate of drug-likeness (QED) is 0.493. The van der Waals surface area contributed by atoms with Crippen molar-refractivity contribution < 1.29 is 14.7 Å². The minimum Gasteiger partial charge on any atom is -0.508 e. The predicted octanol–water partition coefficient (Wildman–Crippen LogP) is 3.19. The van der Waals surface area contributed by atoms with E-state index < -0.39 is 6.04 Å². The van der Waals surface area contributed by atoms with Crippen LogP contribution in [-0.4, -0.2) is 40.4 Å². The first-order chi connectivity index (χ1) is 16.8. The van der Waals surface area contributed by atoms with E-state index in [1.807, 2.05) is 68.4 Å². The maximum atomic E-state index is 13.6. The predicted molar refractivity (Wildman–Crippen MR) is 137 cm³/mol. The van der Waals surface area contributed by atoms with Crippen LogP contribution in [-0.2, 0) is 35.4 Å². The van der Waals surface area contributed by atoms with Gasteiger partial charge >= 0.3 is 0 Å². The molecule has 2 atom stereocenters. The molecule has 2 amide bonds. The van der Waals surface area contributed by atoms with Gasteiger partial charge in [0.05, 0.1) is 6.42 Å². The van der Waals surface area contributed by atoms with Gasteiger partial charge in [0.15, 0.2) is 0 Å². The molecule has 3 aromatic carbocycles. The van der Waals surface area contributed by atoms with E-state index in [1.54, 1.807) is 17.0 Å². The Bertz CT molecular complexity index is 1190. The topological polar surface area (TPSA) is 95.7 Å². The van der Waals surface area contributed by atoms with Crippen LogP contribution in [0.2, 0.25) is 0 Å². The molecule has 0 aromatic heterocycles. The van der Waals surface area contributed by atoms with Gasteiger partial charge in [-0.1, -0.05) is 54.6 Å². The van der Waals surface area contributed by atoms with E-state index in [2.05, 4.69) is 5.32 Å². The number of phenolic OH excluding ortho intramolecular Hbond substituents is 1. The normalized spacial score (nSPS) is 16.4. The second-order valence-electron chi connectivity index (χ2n) is 9.50. The molecule has 0 radical (unpaired) electrons. The second kappa shape index (κ2) is 10.7. The number of fused-ring (bicyclic) bond motifs is 1. The molecule has 1 heterocycles. The lowest BCUT2D eigenvalue weighted by Gasteiger charge is -2.28. The molecule has 4 N–H and O–H groups in total. The van der Waals surface area contributed by atoms with E-state index in [4.69, 9.17) is 5.73 Å². The molecule has 1 aliphatic heterocycles. The molecule has 0 fully saturated rings. The minimum absolute atomic E-state index is 0.114. The van der Waals surface area contributed by atoms with Crippen LogP contribution in [0.15, 0.2) is 66.7 Å². The Kier molecular flexibility index (Phi) is 7.51. The highest BCUT2D eigenvalue weighted by Gasteiger charge is 2.31. The highest BCUT2D eigenvalue weighted by atomic mass is 16.3. The molecule has 0 saturated heterocycles. The molecule has 3 aromatic rings. The van der Waals surface area contributed by atoms with Crippen molar-refractivity contribution >= 4 is 11.8 Å². The van der Waals surface area contributed by atoms with Crippen molar-refractivity contribution in [2.75, 3.05) is 6.54 Å². The second-order valence-corrected chi connectivity index (χ2v) is 9.50. The molecule has 0 saturated carbocycles. The summed E-state index contributed by atoms with van der Waals surface area (Å²) in [5.74, 6) is -0.0450. The van der Waals surface area contributed by atoms with Gasteiger partial charge in [0.2, 0.25) is 11.8 Å². The lowest BCUT2D eigenvalue weighted by molar-refractivity contribution is -0.136. The number of amides is 2. The SMILES string of the molecule is Cc1cc(O)cc(C)c1C[C@H](N)CN1Cc2ccccc2C[C@H](NC(=O)Cc2ccccc2)C1=O. The molecule has 0 aliphatic carbocycles. The van der Waals surface area contributed by atoms with Crippen LogP contribution in [0.5, 0.6) is 5.75 Å². The molecule has 1 aliphatic rings. The number of nitrogens with zero attached hydrogens (tertiary/aromatic N) is 1. The summed E-state index contributed by atoms with van der Waals surface area (Å²) in [6.45, 7) is 4.75. The number of aryl methyl sites for hydroxylation is 2. The Balaban J connectivity index is 1.51. The average molecular weight is 472 g/mol. The highest BCUT2D eigenvalue weighted by molar-refractivity contribution is 5.89. The van der Waals surface area contributed by atoms with Gasteiger partial charge in [-0.2, -0.15) is 0 Å². The first-order valence-electron chi connectivity index (χ1n) is 12.0. The molecule has 6 nitrogen and oxygen atoms in total. The van der Waals surface area contributed by atoms with E-state index in [-0.39, 0.29) is 30.0 Å². The summed E-state index contributed by atoms with van der Waals surface area (Å²) in [7, 11) is 0. The number of benzene rings is 3. The fourth-order valence-corrected chi connectivity index (χ4v) is 4.92. The van der Waals surface area contributed by atoms with Crippen molar-refractivity contribution in [3.8, 4) is 5.75 Å². The third-order valence-corrected chi connectivity index (χ3v) is 6.66. The maximum absolute atomic E-state index is 13.6. The largest absolute Gasteiger partial charge is 0.508 e. The Morgan fingerprint density at radius 1 is 1.06 bits per heavy atom. The number of hydrogen-bond acceptors (Lipinski definition) is 4. The van der Waals surface area contributed by atoms with Gasteiger partial charge in [0, 0.05) is 25.6 Å². The summed E-state index contributed by atoms with van der Waals surface area (Å²) in [5.41, 5.74) is 12.6. The van der Waals surface area contributed by atoms with Crippen molar-refractivity contribution in [1.29, 1.82) is 0 Å². The van der Waals surface area contributed by atoms with Crippen LogP contribution in [0.4, 0.5) is 0 Å². The minimum atomic E-state index is -0.640. The Morgan fingerprint density at radius 2 is 1.69 bits per heavy atom. The zero-order valence-corrected chi connectivity index (χ0v) is 20.3. The lowest BCUT2D eigenvalue weighted by atomic mass is 9.96. The highest BCUT2D eigenvalue weighted by Crippen LogP contribution is 2.23. The number of aromatic hydroxyl groups is 1. The van der Waals surface area contributed by atoms with Crippen LogP contribution < -0.4 is 11.1 Å². The maximum Gasteiger partial charge on any atom is 0.245 e. The lowest BCUT2D eigenvalue weighted by Crippen LogP contribution is -2.51. The first kappa shape index (κ1) is 24.5. The third-order valence-electron chi connectivity index (χ3n) is 6.66. The van der Waals surface area contributed by atoms with Crippen LogP contribution in [0.25, 0.3) is 0 Å². The van der Waals surface area contributed by atoms with E-state index >= 15 is 0 Å². The van der Waals surface area contributed by atoms with Crippen LogP contribution in [0.1, 0.15) is 33.4 Å². The number of carbonyl (C=O) groups is 2. The van der Waals surface area contributed by atoms with Gasteiger partial charge < -0.3 is 21.1 Å². The third kappa shape index (κ3) is 6.08. The Labute approximate surface area is 206 Å².